The molecule has 0 unspecified atom stereocenters. The summed E-state index contributed by atoms with van der Waals surface area (Å²) >= 11 is 0. The van der Waals surface area contributed by atoms with E-state index in [1.807, 2.05) is 0 Å². The standard InChI is InChI=1S/C21H25N5O10/c1-3-7(2)20(31)35-15-11(27)14(19(29)30)34-9-4-8-13(36-21(9,15)32)12(28)18(33-8)26-6-25-10-16(22)23-5-24-17(10)26/h3,5-6,8-9,11-15,18,27-28,32H,4H2,1-2H3,(H,29,30)(H2,22,23,24)/b7-3+/t8-,9-,11-,12+,13-,14+,15+,18-,21+/m1/s1. The minimum atomic E-state index is -2.49. The van der Waals surface area contributed by atoms with E-state index in [4.69, 9.17) is 24.7 Å². The van der Waals surface area contributed by atoms with Gasteiger partial charge in [-0.05, 0) is 13.8 Å². The van der Waals surface area contributed by atoms with Gasteiger partial charge in [0.2, 0.25) is 5.79 Å². The summed E-state index contributed by atoms with van der Waals surface area (Å²) in [6, 6.07) is 0. The Morgan fingerprint density at radius 1 is 1.25 bits per heavy atom. The second-order valence-electron chi connectivity index (χ2n) is 8.88. The number of aromatic nitrogens is 4. The Morgan fingerprint density at radius 2 is 2.00 bits per heavy atom. The van der Waals surface area contributed by atoms with Gasteiger partial charge < -0.3 is 45.1 Å². The van der Waals surface area contributed by atoms with Gasteiger partial charge in [0.25, 0.3) is 0 Å². The number of anilines is 1. The van der Waals surface area contributed by atoms with Gasteiger partial charge in [0.1, 0.15) is 36.3 Å². The molecule has 0 amide bonds. The van der Waals surface area contributed by atoms with Crippen LogP contribution in [0.5, 0.6) is 0 Å². The molecule has 5 rings (SSSR count). The maximum absolute atomic E-state index is 12.5. The number of aliphatic carboxylic acids is 1. The summed E-state index contributed by atoms with van der Waals surface area (Å²) in [7, 11) is 0. The number of carboxylic acid groups (broad SMARTS) is 1. The molecule has 2 aromatic rings. The Morgan fingerprint density at radius 3 is 2.69 bits per heavy atom. The van der Waals surface area contributed by atoms with Crippen LogP contribution in [0, 0.1) is 0 Å². The van der Waals surface area contributed by atoms with Crippen molar-refractivity contribution in [3.63, 3.8) is 0 Å². The molecule has 0 spiro atoms. The first-order valence-electron chi connectivity index (χ1n) is 11.1. The molecule has 194 valence electrons. The quantitative estimate of drug-likeness (QED) is 0.228. The smallest absolute Gasteiger partial charge is 0.335 e. The SMILES string of the molecule is C/C=C(\C)C(=O)O[C@H]1[C@H](O)[C@@H](C(=O)O)O[C@@H]2C[C@H]3O[C@@H](n4cnc5c(N)ncnc54)[C@@H](O)[C@@H]3O[C@@]21O. The first-order chi connectivity index (χ1) is 17.1. The molecule has 3 saturated heterocycles. The Labute approximate surface area is 203 Å². The summed E-state index contributed by atoms with van der Waals surface area (Å²) in [6.07, 6.45) is -7.62. The fourth-order valence-corrected chi connectivity index (χ4v) is 4.76. The normalized spacial score (nSPS) is 38.4. The Bertz CT molecular complexity index is 1230. The van der Waals surface area contributed by atoms with Crippen molar-refractivity contribution in [3.05, 3.63) is 24.3 Å². The number of ether oxygens (including phenoxy) is 4. The molecule has 2 aromatic heterocycles. The zero-order chi connectivity index (χ0) is 25.9. The van der Waals surface area contributed by atoms with Crippen LogP contribution in [0.2, 0.25) is 0 Å². The third kappa shape index (κ3) is 3.63. The number of carbonyl (C=O) groups excluding carboxylic acids is 1. The number of nitrogens with zero attached hydrogens (tertiary/aromatic N) is 4. The third-order valence-electron chi connectivity index (χ3n) is 6.77. The van der Waals surface area contributed by atoms with Crippen LogP contribution in [-0.2, 0) is 28.5 Å². The van der Waals surface area contributed by atoms with Crippen molar-refractivity contribution in [2.75, 3.05) is 5.73 Å². The van der Waals surface area contributed by atoms with Crippen molar-refractivity contribution in [1.82, 2.24) is 19.5 Å². The van der Waals surface area contributed by atoms with Gasteiger partial charge in [-0.3, -0.25) is 4.57 Å². The number of carbonyl (C=O) groups is 2. The molecule has 0 bridgehead atoms. The van der Waals surface area contributed by atoms with Crippen molar-refractivity contribution >= 4 is 28.9 Å². The molecule has 0 saturated carbocycles. The number of nitrogen functional groups attached to an aromatic ring is 1. The lowest BCUT2D eigenvalue weighted by molar-refractivity contribution is -0.396. The van der Waals surface area contributed by atoms with Gasteiger partial charge in [-0.1, -0.05) is 6.08 Å². The second kappa shape index (κ2) is 8.72. The van der Waals surface area contributed by atoms with Crippen LogP contribution < -0.4 is 5.73 Å². The van der Waals surface area contributed by atoms with Crippen molar-refractivity contribution in [2.24, 2.45) is 0 Å². The average Bonchev–Trinajstić information content (AvgIpc) is 3.40. The topological polar surface area (TPSA) is 222 Å². The van der Waals surface area contributed by atoms with Crippen molar-refractivity contribution in [3.8, 4) is 0 Å². The molecule has 3 aliphatic rings. The molecule has 6 N–H and O–H groups in total. The molecule has 36 heavy (non-hydrogen) atoms. The molecule has 0 radical (unpaired) electrons. The van der Waals surface area contributed by atoms with E-state index in [1.54, 1.807) is 6.92 Å². The molecule has 15 nitrogen and oxygen atoms in total. The van der Waals surface area contributed by atoms with E-state index >= 15 is 0 Å². The highest BCUT2D eigenvalue weighted by Crippen LogP contribution is 2.47. The largest absolute Gasteiger partial charge is 0.479 e. The number of hydrogen-bond acceptors (Lipinski definition) is 13. The van der Waals surface area contributed by atoms with Gasteiger partial charge >= 0.3 is 11.9 Å². The molecule has 9 atom stereocenters. The lowest BCUT2D eigenvalue weighted by Crippen LogP contribution is -2.73. The zero-order valence-electron chi connectivity index (χ0n) is 19.2. The van der Waals surface area contributed by atoms with Gasteiger partial charge in [-0.25, -0.2) is 24.5 Å². The number of aliphatic hydroxyl groups excluding tert-OH is 2. The van der Waals surface area contributed by atoms with Crippen LogP contribution in [0.15, 0.2) is 24.3 Å². The van der Waals surface area contributed by atoms with E-state index < -0.39 is 66.7 Å². The Kier molecular flexibility index (Phi) is 5.93. The number of allylic oxidation sites excluding steroid dienone is 1. The number of carboxylic acids is 1. The monoisotopic (exact) mass is 507 g/mol. The molecular weight excluding hydrogens is 482 g/mol. The summed E-state index contributed by atoms with van der Waals surface area (Å²) in [5.74, 6) is -4.78. The number of rotatable bonds is 4. The minimum absolute atomic E-state index is 0.128. The van der Waals surface area contributed by atoms with E-state index in [9.17, 15) is 30.0 Å². The van der Waals surface area contributed by atoms with Crippen LogP contribution in [0.4, 0.5) is 5.82 Å². The second-order valence-corrected chi connectivity index (χ2v) is 8.88. The van der Waals surface area contributed by atoms with E-state index in [-0.39, 0.29) is 23.5 Å². The number of hydrogen-bond donors (Lipinski definition) is 5. The van der Waals surface area contributed by atoms with E-state index in [0.717, 1.165) is 0 Å². The van der Waals surface area contributed by atoms with Crippen LogP contribution in [0.1, 0.15) is 26.5 Å². The van der Waals surface area contributed by atoms with Gasteiger partial charge in [0, 0.05) is 12.0 Å². The van der Waals surface area contributed by atoms with Gasteiger partial charge in [-0.15, -0.1) is 0 Å². The summed E-state index contributed by atoms with van der Waals surface area (Å²) in [5.41, 5.74) is 6.57. The van der Waals surface area contributed by atoms with Crippen molar-refractivity contribution in [1.29, 1.82) is 0 Å². The van der Waals surface area contributed by atoms with Crippen molar-refractivity contribution in [2.45, 2.75) is 75.0 Å². The fraction of sp³-hybridized carbons (Fsp3) is 0.571. The molecule has 3 aliphatic heterocycles. The van der Waals surface area contributed by atoms with Gasteiger partial charge in [-0.2, -0.15) is 0 Å². The highest BCUT2D eigenvalue weighted by atomic mass is 16.7. The maximum Gasteiger partial charge on any atom is 0.335 e. The lowest BCUT2D eigenvalue weighted by Gasteiger charge is -2.52. The van der Waals surface area contributed by atoms with Crippen molar-refractivity contribution < 1.29 is 49.0 Å². The first-order valence-corrected chi connectivity index (χ1v) is 11.1. The molecule has 0 aromatic carbocycles. The van der Waals surface area contributed by atoms with Crippen LogP contribution in [0.25, 0.3) is 11.2 Å². The molecular formula is C21H25N5O10. The molecule has 5 heterocycles. The first kappa shape index (κ1) is 24.5. The van der Waals surface area contributed by atoms with E-state index in [0.29, 0.717) is 5.52 Å². The summed E-state index contributed by atoms with van der Waals surface area (Å²) in [4.78, 5) is 36.4. The molecule has 15 heteroatoms. The lowest BCUT2D eigenvalue weighted by atomic mass is 9.84. The number of fused-ring (bicyclic) bond motifs is 3. The van der Waals surface area contributed by atoms with Crippen LogP contribution in [-0.4, -0.2) is 100 Å². The highest BCUT2D eigenvalue weighted by Gasteiger charge is 2.66. The Hall–Kier alpha value is -3.21. The number of aliphatic hydroxyl groups is 3. The average molecular weight is 507 g/mol. The van der Waals surface area contributed by atoms with Gasteiger partial charge in [0.05, 0.1) is 12.4 Å². The predicted octanol–water partition coefficient (Wildman–Crippen LogP) is -1.76. The summed E-state index contributed by atoms with van der Waals surface area (Å²) in [6.45, 7) is 3.04. The maximum atomic E-state index is 12.5. The van der Waals surface area contributed by atoms with Crippen LogP contribution in [0.3, 0.4) is 0 Å². The third-order valence-corrected chi connectivity index (χ3v) is 6.77. The minimum Gasteiger partial charge on any atom is -0.479 e. The van der Waals surface area contributed by atoms with E-state index in [2.05, 4.69) is 15.0 Å². The van der Waals surface area contributed by atoms with Gasteiger partial charge in [0.15, 0.2) is 29.9 Å². The summed E-state index contributed by atoms with van der Waals surface area (Å²) in [5, 5.41) is 42.8. The number of imidazole rings is 1. The molecule has 3 fully saturated rings. The predicted molar refractivity (Wildman–Crippen MR) is 116 cm³/mol. The zero-order valence-corrected chi connectivity index (χ0v) is 19.2. The molecule has 0 aliphatic carbocycles. The number of nitrogens with two attached hydrogens (primary N) is 1. The number of esters is 1. The summed E-state index contributed by atoms with van der Waals surface area (Å²) < 4.78 is 24.0. The fourth-order valence-electron chi connectivity index (χ4n) is 4.76. The Balaban J connectivity index is 1.47. The highest BCUT2D eigenvalue weighted by molar-refractivity contribution is 5.88. The van der Waals surface area contributed by atoms with Crippen LogP contribution >= 0.6 is 0 Å². The van der Waals surface area contributed by atoms with E-state index in [1.165, 1.54) is 30.2 Å².